The van der Waals surface area contributed by atoms with Gasteiger partial charge in [0.05, 0.1) is 6.04 Å². The van der Waals surface area contributed by atoms with Crippen molar-refractivity contribution in [3.63, 3.8) is 0 Å². The van der Waals surface area contributed by atoms with Crippen molar-refractivity contribution in [3.8, 4) is 0 Å². The predicted molar refractivity (Wildman–Crippen MR) is 74.6 cm³/mol. The Morgan fingerprint density at radius 2 is 1.60 bits per heavy atom. The standard InChI is InChI=1S/C15H23F2NO2/c1-4-18-14(15(19-5-2)20-6-3)10-11-12(16)8-7-9-13(11)17/h7-9,14-15,18H,4-6,10H2,1-3H3. The Labute approximate surface area is 119 Å². The monoisotopic (exact) mass is 287 g/mol. The number of rotatable bonds is 9. The molecule has 114 valence electrons. The maximum Gasteiger partial charge on any atom is 0.172 e. The van der Waals surface area contributed by atoms with E-state index in [0.29, 0.717) is 19.8 Å². The predicted octanol–water partition coefficient (Wildman–Crippen LogP) is 2.88. The van der Waals surface area contributed by atoms with Gasteiger partial charge in [0.1, 0.15) is 11.6 Å². The maximum absolute atomic E-state index is 13.7. The third kappa shape index (κ3) is 4.81. The molecule has 0 amide bonds. The van der Waals surface area contributed by atoms with Crippen LogP contribution in [0.15, 0.2) is 18.2 Å². The normalized spacial score (nSPS) is 12.9. The lowest BCUT2D eigenvalue weighted by Gasteiger charge is -2.27. The first-order valence-corrected chi connectivity index (χ1v) is 7.03. The van der Waals surface area contributed by atoms with Crippen molar-refractivity contribution in [2.24, 2.45) is 0 Å². The maximum atomic E-state index is 13.7. The van der Waals surface area contributed by atoms with Crippen molar-refractivity contribution in [2.45, 2.75) is 39.5 Å². The summed E-state index contributed by atoms with van der Waals surface area (Å²) in [6.45, 7) is 7.27. The van der Waals surface area contributed by atoms with Crippen LogP contribution in [-0.2, 0) is 15.9 Å². The zero-order chi connectivity index (χ0) is 15.0. The summed E-state index contributed by atoms with van der Waals surface area (Å²) < 4.78 is 38.5. The molecule has 0 spiro atoms. The van der Waals surface area contributed by atoms with Gasteiger partial charge in [-0.2, -0.15) is 0 Å². The molecule has 20 heavy (non-hydrogen) atoms. The van der Waals surface area contributed by atoms with Crippen LogP contribution in [0.4, 0.5) is 8.78 Å². The number of likely N-dealkylation sites (N-methyl/N-ethyl adjacent to an activating group) is 1. The van der Waals surface area contributed by atoms with E-state index in [1.165, 1.54) is 18.2 Å². The molecular formula is C15H23F2NO2. The Balaban J connectivity index is 2.89. The molecule has 0 aliphatic heterocycles. The minimum absolute atomic E-state index is 0.0582. The SMILES string of the molecule is CCNC(Cc1c(F)cccc1F)C(OCC)OCC. The first-order valence-electron chi connectivity index (χ1n) is 7.03. The van der Waals surface area contributed by atoms with E-state index in [4.69, 9.17) is 9.47 Å². The van der Waals surface area contributed by atoms with Gasteiger partial charge in [0.15, 0.2) is 6.29 Å². The van der Waals surface area contributed by atoms with Gasteiger partial charge >= 0.3 is 0 Å². The summed E-state index contributed by atoms with van der Waals surface area (Å²) in [6, 6.07) is 3.58. The molecule has 0 aliphatic rings. The third-order valence-electron chi connectivity index (χ3n) is 2.94. The van der Waals surface area contributed by atoms with Crippen LogP contribution in [-0.4, -0.2) is 32.1 Å². The highest BCUT2D eigenvalue weighted by Crippen LogP contribution is 2.17. The summed E-state index contributed by atoms with van der Waals surface area (Å²) >= 11 is 0. The summed E-state index contributed by atoms with van der Waals surface area (Å²) in [5, 5.41) is 3.17. The molecule has 5 heteroatoms. The number of ether oxygens (including phenoxy) is 2. The molecule has 1 rings (SSSR count). The van der Waals surface area contributed by atoms with E-state index in [2.05, 4.69) is 5.32 Å². The van der Waals surface area contributed by atoms with Crippen LogP contribution >= 0.6 is 0 Å². The lowest BCUT2D eigenvalue weighted by molar-refractivity contribution is -0.153. The van der Waals surface area contributed by atoms with E-state index in [-0.39, 0.29) is 18.0 Å². The summed E-state index contributed by atoms with van der Waals surface area (Å²) in [4.78, 5) is 0. The number of nitrogens with one attached hydrogen (secondary N) is 1. The Morgan fingerprint density at radius 1 is 1.05 bits per heavy atom. The number of hydrogen-bond donors (Lipinski definition) is 1. The smallest absolute Gasteiger partial charge is 0.172 e. The quantitative estimate of drug-likeness (QED) is 0.708. The molecule has 1 N–H and O–H groups in total. The van der Waals surface area contributed by atoms with Crippen LogP contribution in [0.5, 0.6) is 0 Å². The van der Waals surface area contributed by atoms with E-state index in [9.17, 15) is 8.78 Å². The molecule has 0 saturated heterocycles. The topological polar surface area (TPSA) is 30.5 Å². The molecule has 0 bridgehead atoms. The van der Waals surface area contributed by atoms with Gasteiger partial charge in [-0.15, -0.1) is 0 Å². The average molecular weight is 287 g/mol. The van der Waals surface area contributed by atoms with Crippen LogP contribution in [0.2, 0.25) is 0 Å². The first-order chi connectivity index (χ1) is 9.63. The van der Waals surface area contributed by atoms with Gasteiger partial charge in [-0.25, -0.2) is 8.78 Å². The van der Waals surface area contributed by atoms with Crippen LogP contribution in [0, 0.1) is 11.6 Å². The Morgan fingerprint density at radius 3 is 2.05 bits per heavy atom. The van der Waals surface area contributed by atoms with Crippen LogP contribution in [0.25, 0.3) is 0 Å². The molecule has 0 heterocycles. The van der Waals surface area contributed by atoms with Crippen molar-refractivity contribution < 1.29 is 18.3 Å². The Hall–Kier alpha value is -1.04. The van der Waals surface area contributed by atoms with Gasteiger partial charge in [0, 0.05) is 18.8 Å². The first kappa shape index (κ1) is 17.0. The molecule has 0 saturated carbocycles. The third-order valence-corrected chi connectivity index (χ3v) is 2.94. The lowest BCUT2D eigenvalue weighted by Crippen LogP contribution is -2.45. The van der Waals surface area contributed by atoms with Crippen molar-refractivity contribution in [2.75, 3.05) is 19.8 Å². The molecule has 0 aliphatic carbocycles. The zero-order valence-electron chi connectivity index (χ0n) is 12.3. The fraction of sp³-hybridized carbons (Fsp3) is 0.600. The lowest BCUT2D eigenvalue weighted by atomic mass is 10.0. The van der Waals surface area contributed by atoms with Gasteiger partial charge in [0.2, 0.25) is 0 Å². The molecule has 1 aromatic rings. The van der Waals surface area contributed by atoms with Crippen LogP contribution < -0.4 is 5.32 Å². The van der Waals surface area contributed by atoms with E-state index < -0.39 is 17.9 Å². The van der Waals surface area contributed by atoms with Gasteiger partial charge in [-0.05, 0) is 38.9 Å². The van der Waals surface area contributed by atoms with Gasteiger partial charge < -0.3 is 14.8 Å². The van der Waals surface area contributed by atoms with E-state index in [1.807, 2.05) is 20.8 Å². The van der Waals surface area contributed by atoms with Crippen molar-refractivity contribution in [3.05, 3.63) is 35.4 Å². The summed E-state index contributed by atoms with van der Waals surface area (Å²) in [7, 11) is 0. The van der Waals surface area contributed by atoms with Crippen molar-refractivity contribution in [1.29, 1.82) is 0 Å². The molecule has 0 fully saturated rings. The van der Waals surface area contributed by atoms with Gasteiger partial charge in [-0.1, -0.05) is 13.0 Å². The second-order valence-electron chi connectivity index (χ2n) is 4.35. The van der Waals surface area contributed by atoms with E-state index in [1.54, 1.807) is 0 Å². The summed E-state index contributed by atoms with van der Waals surface area (Å²) in [6.07, 6.45) is -0.347. The average Bonchev–Trinajstić information content (AvgIpc) is 2.42. The van der Waals surface area contributed by atoms with Gasteiger partial charge in [0.25, 0.3) is 0 Å². The van der Waals surface area contributed by atoms with E-state index >= 15 is 0 Å². The fourth-order valence-corrected chi connectivity index (χ4v) is 2.08. The fourth-order valence-electron chi connectivity index (χ4n) is 2.08. The second kappa shape index (κ2) is 9.00. The molecule has 1 unspecified atom stereocenters. The highest BCUT2D eigenvalue weighted by Gasteiger charge is 2.24. The highest BCUT2D eigenvalue weighted by molar-refractivity contribution is 5.21. The highest BCUT2D eigenvalue weighted by atomic mass is 19.1. The summed E-state index contributed by atoms with van der Waals surface area (Å²) in [5.74, 6) is -1.08. The number of benzene rings is 1. The number of hydrogen-bond acceptors (Lipinski definition) is 3. The second-order valence-corrected chi connectivity index (χ2v) is 4.35. The molecule has 3 nitrogen and oxygen atoms in total. The van der Waals surface area contributed by atoms with E-state index in [0.717, 1.165) is 0 Å². The number of halogens is 2. The molecular weight excluding hydrogens is 264 g/mol. The van der Waals surface area contributed by atoms with Crippen molar-refractivity contribution in [1.82, 2.24) is 5.32 Å². The molecule has 0 aromatic heterocycles. The van der Waals surface area contributed by atoms with Crippen LogP contribution in [0.3, 0.4) is 0 Å². The molecule has 1 atom stereocenters. The molecule has 1 aromatic carbocycles. The Kier molecular flexibility index (Phi) is 7.65. The van der Waals surface area contributed by atoms with Gasteiger partial charge in [-0.3, -0.25) is 0 Å². The zero-order valence-corrected chi connectivity index (χ0v) is 12.3. The summed E-state index contributed by atoms with van der Waals surface area (Å²) in [5.41, 5.74) is 0.0582. The minimum atomic E-state index is -0.542. The van der Waals surface area contributed by atoms with Crippen molar-refractivity contribution >= 4 is 0 Å². The molecule has 0 radical (unpaired) electrons. The Bertz CT molecular complexity index is 375. The minimum Gasteiger partial charge on any atom is -0.351 e. The largest absolute Gasteiger partial charge is 0.351 e. The van der Waals surface area contributed by atoms with Crippen LogP contribution in [0.1, 0.15) is 26.3 Å².